The Morgan fingerprint density at radius 1 is 1.16 bits per heavy atom. The zero-order valence-electron chi connectivity index (χ0n) is 17.8. The fraction of sp³-hybridized carbons (Fsp3) is 0.423. The maximum Gasteiger partial charge on any atom is 0.229 e. The SMILES string of the molecule is C=CC[C@@]1(C)CC(c2cccc(Cl)c2)[C@@H](c2ccc(Cl)cc2)N([C@H](CO)C2CC2)C1=O. The average molecular weight is 458 g/mol. The first-order valence-corrected chi connectivity index (χ1v) is 11.7. The molecule has 1 heterocycles. The van der Waals surface area contributed by atoms with E-state index in [1.807, 2.05) is 60.4 Å². The highest BCUT2D eigenvalue weighted by Gasteiger charge is 2.53. The van der Waals surface area contributed by atoms with Crippen LogP contribution in [0, 0.1) is 11.3 Å². The van der Waals surface area contributed by atoms with Gasteiger partial charge in [-0.15, -0.1) is 6.58 Å². The number of benzene rings is 2. The van der Waals surface area contributed by atoms with Crippen molar-refractivity contribution < 1.29 is 9.90 Å². The van der Waals surface area contributed by atoms with Crippen LogP contribution in [0.2, 0.25) is 10.0 Å². The molecule has 1 saturated heterocycles. The van der Waals surface area contributed by atoms with Crippen LogP contribution in [0.15, 0.2) is 61.2 Å². The molecule has 4 atom stereocenters. The Balaban J connectivity index is 1.89. The molecule has 164 valence electrons. The number of carbonyl (C=O) groups is 1. The lowest BCUT2D eigenvalue weighted by molar-refractivity contribution is -0.156. The number of carbonyl (C=O) groups excluding carboxylic acids is 1. The van der Waals surface area contributed by atoms with Gasteiger partial charge >= 0.3 is 0 Å². The molecule has 4 rings (SSSR count). The van der Waals surface area contributed by atoms with Gasteiger partial charge in [-0.1, -0.05) is 60.5 Å². The molecule has 0 spiro atoms. The van der Waals surface area contributed by atoms with Gasteiger partial charge in [-0.05, 0) is 67.0 Å². The van der Waals surface area contributed by atoms with Crippen molar-refractivity contribution in [1.29, 1.82) is 0 Å². The zero-order valence-corrected chi connectivity index (χ0v) is 19.3. The third kappa shape index (κ3) is 4.41. The van der Waals surface area contributed by atoms with Gasteiger partial charge in [0, 0.05) is 16.0 Å². The van der Waals surface area contributed by atoms with Crippen molar-refractivity contribution in [3.8, 4) is 0 Å². The Labute approximate surface area is 194 Å². The summed E-state index contributed by atoms with van der Waals surface area (Å²) < 4.78 is 0. The third-order valence-electron chi connectivity index (χ3n) is 6.90. The van der Waals surface area contributed by atoms with Gasteiger partial charge < -0.3 is 10.0 Å². The first-order valence-electron chi connectivity index (χ1n) is 10.9. The van der Waals surface area contributed by atoms with E-state index in [0.717, 1.165) is 24.0 Å². The second-order valence-electron chi connectivity index (χ2n) is 9.22. The molecule has 0 radical (unpaired) electrons. The average Bonchev–Trinajstić information content (AvgIpc) is 3.58. The molecule has 1 amide bonds. The summed E-state index contributed by atoms with van der Waals surface area (Å²) in [5.74, 6) is 0.474. The molecule has 1 unspecified atom stereocenters. The van der Waals surface area contributed by atoms with E-state index in [-0.39, 0.29) is 30.5 Å². The monoisotopic (exact) mass is 457 g/mol. The number of likely N-dealkylation sites (tertiary alicyclic amines) is 1. The van der Waals surface area contributed by atoms with Crippen LogP contribution in [0.4, 0.5) is 0 Å². The summed E-state index contributed by atoms with van der Waals surface area (Å²) in [4.78, 5) is 16.0. The first-order chi connectivity index (χ1) is 14.9. The minimum Gasteiger partial charge on any atom is -0.394 e. The second-order valence-corrected chi connectivity index (χ2v) is 10.1. The number of hydrogen-bond acceptors (Lipinski definition) is 2. The fourth-order valence-corrected chi connectivity index (χ4v) is 5.52. The van der Waals surface area contributed by atoms with Gasteiger partial charge in [0.25, 0.3) is 0 Å². The molecule has 0 bridgehead atoms. The van der Waals surface area contributed by atoms with Crippen LogP contribution in [-0.4, -0.2) is 28.6 Å². The van der Waals surface area contributed by atoms with E-state index in [1.165, 1.54) is 0 Å². The topological polar surface area (TPSA) is 40.5 Å². The van der Waals surface area contributed by atoms with Crippen LogP contribution in [0.3, 0.4) is 0 Å². The van der Waals surface area contributed by atoms with Gasteiger partial charge in [-0.3, -0.25) is 4.79 Å². The minimum atomic E-state index is -0.583. The molecular weight excluding hydrogens is 429 g/mol. The quantitative estimate of drug-likeness (QED) is 0.488. The molecule has 2 fully saturated rings. The lowest BCUT2D eigenvalue weighted by Gasteiger charge is -2.52. The van der Waals surface area contributed by atoms with Crippen LogP contribution in [0.1, 0.15) is 55.7 Å². The van der Waals surface area contributed by atoms with Crippen LogP contribution < -0.4 is 0 Å². The largest absolute Gasteiger partial charge is 0.394 e. The minimum absolute atomic E-state index is 0.0348. The first kappa shape index (κ1) is 22.4. The van der Waals surface area contributed by atoms with Crippen molar-refractivity contribution in [3.63, 3.8) is 0 Å². The van der Waals surface area contributed by atoms with Crippen molar-refractivity contribution >= 4 is 29.1 Å². The molecule has 1 saturated carbocycles. The van der Waals surface area contributed by atoms with Gasteiger partial charge in [-0.25, -0.2) is 0 Å². The van der Waals surface area contributed by atoms with Crippen molar-refractivity contribution in [2.24, 2.45) is 11.3 Å². The van der Waals surface area contributed by atoms with E-state index in [4.69, 9.17) is 23.2 Å². The van der Waals surface area contributed by atoms with E-state index in [2.05, 4.69) is 12.6 Å². The molecule has 2 aliphatic rings. The number of aliphatic hydroxyl groups is 1. The molecule has 5 heteroatoms. The van der Waals surface area contributed by atoms with Gasteiger partial charge in [0.05, 0.1) is 24.1 Å². The smallest absolute Gasteiger partial charge is 0.229 e. The predicted octanol–water partition coefficient (Wildman–Crippen LogP) is 6.40. The number of amides is 1. The number of rotatable bonds is 7. The van der Waals surface area contributed by atoms with E-state index >= 15 is 0 Å². The van der Waals surface area contributed by atoms with E-state index in [0.29, 0.717) is 28.8 Å². The number of hydrogen-bond donors (Lipinski definition) is 1. The van der Waals surface area contributed by atoms with Crippen LogP contribution in [0.25, 0.3) is 0 Å². The number of aliphatic hydroxyl groups excluding tert-OH is 1. The van der Waals surface area contributed by atoms with Crippen LogP contribution in [-0.2, 0) is 4.79 Å². The fourth-order valence-electron chi connectivity index (χ4n) is 5.20. The summed E-state index contributed by atoms with van der Waals surface area (Å²) in [6, 6.07) is 15.3. The number of halogens is 2. The van der Waals surface area contributed by atoms with Crippen LogP contribution in [0.5, 0.6) is 0 Å². The lowest BCUT2D eigenvalue weighted by Crippen LogP contribution is -2.57. The Hall–Kier alpha value is -1.81. The number of allylic oxidation sites excluding steroid dienone is 1. The Bertz CT molecular complexity index is 956. The van der Waals surface area contributed by atoms with E-state index in [9.17, 15) is 9.90 Å². The van der Waals surface area contributed by atoms with Crippen molar-refractivity contribution in [2.45, 2.75) is 50.6 Å². The normalized spacial score (nSPS) is 27.2. The molecule has 0 aromatic heterocycles. The molecule has 2 aromatic rings. The van der Waals surface area contributed by atoms with Gasteiger partial charge in [0.2, 0.25) is 5.91 Å². The lowest BCUT2D eigenvalue weighted by atomic mass is 9.67. The summed E-state index contributed by atoms with van der Waals surface area (Å²) in [5, 5.41) is 11.7. The Morgan fingerprint density at radius 2 is 1.87 bits per heavy atom. The highest BCUT2D eigenvalue weighted by molar-refractivity contribution is 6.30. The predicted molar refractivity (Wildman–Crippen MR) is 126 cm³/mol. The maximum absolute atomic E-state index is 14.0. The highest BCUT2D eigenvalue weighted by Crippen LogP contribution is 2.53. The van der Waals surface area contributed by atoms with Gasteiger partial charge in [-0.2, -0.15) is 0 Å². The molecule has 31 heavy (non-hydrogen) atoms. The third-order valence-corrected chi connectivity index (χ3v) is 7.38. The van der Waals surface area contributed by atoms with Crippen molar-refractivity contribution in [2.75, 3.05) is 6.61 Å². The van der Waals surface area contributed by atoms with Gasteiger partial charge in [0.15, 0.2) is 0 Å². The summed E-state index contributed by atoms with van der Waals surface area (Å²) in [6.07, 6.45) is 5.20. The summed E-state index contributed by atoms with van der Waals surface area (Å²) >= 11 is 12.5. The summed E-state index contributed by atoms with van der Waals surface area (Å²) in [7, 11) is 0. The van der Waals surface area contributed by atoms with E-state index < -0.39 is 5.41 Å². The zero-order chi connectivity index (χ0) is 22.2. The Morgan fingerprint density at radius 3 is 2.45 bits per heavy atom. The molecule has 1 N–H and O–H groups in total. The second kappa shape index (κ2) is 8.97. The summed E-state index contributed by atoms with van der Waals surface area (Å²) in [6.45, 7) is 5.91. The molecule has 1 aliphatic heterocycles. The molecular formula is C26H29Cl2NO2. The van der Waals surface area contributed by atoms with Gasteiger partial charge in [0.1, 0.15) is 0 Å². The number of nitrogens with zero attached hydrogens (tertiary/aromatic N) is 1. The van der Waals surface area contributed by atoms with E-state index in [1.54, 1.807) is 0 Å². The van der Waals surface area contributed by atoms with Crippen molar-refractivity contribution in [3.05, 3.63) is 82.4 Å². The number of piperidine rings is 1. The standard InChI is InChI=1S/C26H29Cl2NO2/c1-3-13-26(2)15-22(19-5-4-6-21(28)14-19)24(18-9-11-20(27)12-10-18)29(25(26)31)23(16-30)17-7-8-17/h3-6,9-12,14,17,22-24,30H,1,7-8,13,15-16H2,2H3/t22?,23-,24-,26+/m1/s1. The maximum atomic E-state index is 14.0. The summed E-state index contributed by atoms with van der Waals surface area (Å²) in [5.41, 5.74) is 1.55. The van der Waals surface area contributed by atoms with Crippen molar-refractivity contribution in [1.82, 2.24) is 4.90 Å². The molecule has 3 nitrogen and oxygen atoms in total. The highest BCUT2D eigenvalue weighted by atomic mass is 35.5. The molecule has 1 aliphatic carbocycles. The molecule has 2 aromatic carbocycles. The Kier molecular flexibility index (Phi) is 6.48. The van der Waals surface area contributed by atoms with Crippen LogP contribution >= 0.6 is 23.2 Å².